The lowest BCUT2D eigenvalue weighted by atomic mass is 9.96. The van der Waals surface area contributed by atoms with Gasteiger partial charge < -0.3 is 10.2 Å². The van der Waals surface area contributed by atoms with Crippen LogP contribution < -0.4 is 5.32 Å². The highest BCUT2D eigenvalue weighted by atomic mass is 15.2. The third-order valence-corrected chi connectivity index (χ3v) is 4.19. The first-order chi connectivity index (χ1) is 7.13. The Labute approximate surface area is 94.4 Å². The van der Waals surface area contributed by atoms with Crippen molar-refractivity contribution in [2.24, 2.45) is 5.41 Å². The van der Waals surface area contributed by atoms with Crippen LogP contribution in [-0.2, 0) is 0 Å². The van der Waals surface area contributed by atoms with Gasteiger partial charge in [-0.25, -0.2) is 0 Å². The number of hydrogen-bond donors (Lipinski definition) is 1. The average molecular weight is 210 g/mol. The van der Waals surface area contributed by atoms with Crippen molar-refractivity contribution in [2.45, 2.75) is 58.5 Å². The quantitative estimate of drug-likeness (QED) is 0.765. The summed E-state index contributed by atoms with van der Waals surface area (Å²) >= 11 is 0. The summed E-state index contributed by atoms with van der Waals surface area (Å²) in [6.07, 6.45) is 5.58. The minimum absolute atomic E-state index is 0.680. The van der Waals surface area contributed by atoms with Gasteiger partial charge in [-0.05, 0) is 51.1 Å². The lowest BCUT2D eigenvalue weighted by Crippen LogP contribution is -2.48. The first-order valence-electron chi connectivity index (χ1n) is 6.60. The van der Waals surface area contributed by atoms with Gasteiger partial charge in [0.25, 0.3) is 0 Å². The van der Waals surface area contributed by atoms with Crippen molar-refractivity contribution in [1.29, 1.82) is 0 Å². The molecule has 0 radical (unpaired) electrons. The fourth-order valence-electron chi connectivity index (χ4n) is 2.79. The molecule has 2 unspecified atom stereocenters. The molecular weight excluding hydrogens is 184 g/mol. The van der Waals surface area contributed by atoms with E-state index in [0.29, 0.717) is 5.41 Å². The second-order valence-electron chi connectivity index (χ2n) is 5.91. The highest BCUT2D eigenvalue weighted by Gasteiger charge is 2.40. The monoisotopic (exact) mass is 210 g/mol. The molecular formula is C13H26N2. The van der Waals surface area contributed by atoms with Crippen LogP contribution in [-0.4, -0.2) is 36.6 Å². The van der Waals surface area contributed by atoms with Gasteiger partial charge in [0.15, 0.2) is 0 Å². The Morgan fingerprint density at radius 3 is 2.67 bits per heavy atom. The Hall–Kier alpha value is -0.0800. The fourth-order valence-corrected chi connectivity index (χ4v) is 2.79. The van der Waals surface area contributed by atoms with Crippen molar-refractivity contribution in [3.63, 3.8) is 0 Å². The summed E-state index contributed by atoms with van der Waals surface area (Å²) in [4.78, 5) is 2.71. The van der Waals surface area contributed by atoms with Crippen molar-refractivity contribution in [2.75, 3.05) is 19.6 Å². The minimum atomic E-state index is 0.680. The normalized spacial score (nSPS) is 35.4. The molecule has 2 fully saturated rings. The second-order valence-corrected chi connectivity index (χ2v) is 5.91. The molecule has 88 valence electrons. The summed E-state index contributed by atoms with van der Waals surface area (Å²) in [5.74, 6) is 0. The van der Waals surface area contributed by atoms with Gasteiger partial charge in [0.05, 0.1) is 0 Å². The molecule has 1 heterocycles. The van der Waals surface area contributed by atoms with E-state index in [1.165, 1.54) is 38.8 Å². The molecule has 15 heavy (non-hydrogen) atoms. The van der Waals surface area contributed by atoms with Crippen LogP contribution in [0.15, 0.2) is 0 Å². The molecule has 0 bridgehead atoms. The van der Waals surface area contributed by atoms with E-state index in [0.717, 1.165) is 18.6 Å². The molecule has 0 spiro atoms. The number of nitrogens with zero attached hydrogens (tertiary/aromatic N) is 1. The van der Waals surface area contributed by atoms with Crippen LogP contribution in [0.5, 0.6) is 0 Å². The van der Waals surface area contributed by atoms with Crippen molar-refractivity contribution in [3.05, 3.63) is 0 Å². The summed E-state index contributed by atoms with van der Waals surface area (Å²) in [5.41, 5.74) is 0.680. The zero-order valence-electron chi connectivity index (χ0n) is 10.6. The SMILES string of the molecule is CCNC1CCN(CC2(C)CC2)C(C)C1. The number of hydrogen-bond acceptors (Lipinski definition) is 2. The molecule has 1 aliphatic carbocycles. The van der Waals surface area contributed by atoms with E-state index < -0.39 is 0 Å². The van der Waals surface area contributed by atoms with Crippen molar-refractivity contribution >= 4 is 0 Å². The van der Waals surface area contributed by atoms with E-state index in [1.807, 2.05) is 0 Å². The Balaban J connectivity index is 1.78. The van der Waals surface area contributed by atoms with Crippen molar-refractivity contribution in [3.8, 4) is 0 Å². The van der Waals surface area contributed by atoms with E-state index in [9.17, 15) is 0 Å². The third kappa shape index (κ3) is 2.94. The second kappa shape index (κ2) is 4.42. The maximum absolute atomic E-state index is 3.59. The smallest absolute Gasteiger partial charge is 0.00939 e. The highest BCUT2D eigenvalue weighted by molar-refractivity contribution is 4.94. The molecule has 0 aromatic rings. The van der Waals surface area contributed by atoms with Gasteiger partial charge in [0, 0.05) is 18.6 Å². The van der Waals surface area contributed by atoms with Crippen LogP contribution in [0.3, 0.4) is 0 Å². The predicted octanol–water partition coefficient (Wildman–Crippen LogP) is 2.25. The minimum Gasteiger partial charge on any atom is -0.314 e. The maximum Gasteiger partial charge on any atom is 0.00939 e. The van der Waals surface area contributed by atoms with Crippen LogP contribution in [0.4, 0.5) is 0 Å². The molecule has 0 aromatic heterocycles. The van der Waals surface area contributed by atoms with E-state index in [1.54, 1.807) is 0 Å². The maximum atomic E-state index is 3.59. The molecule has 2 rings (SSSR count). The Kier molecular flexibility index (Phi) is 3.36. The number of likely N-dealkylation sites (tertiary alicyclic amines) is 1. The summed E-state index contributed by atoms with van der Waals surface area (Å²) in [5, 5.41) is 3.59. The van der Waals surface area contributed by atoms with E-state index in [2.05, 4.69) is 31.0 Å². The summed E-state index contributed by atoms with van der Waals surface area (Å²) in [6.45, 7) is 10.8. The highest BCUT2D eigenvalue weighted by Crippen LogP contribution is 2.46. The van der Waals surface area contributed by atoms with E-state index in [4.69, 9.17) is 0 Å². The molecule has 2 aliphatic rings. The molecule has 1 saturated carbocycles. The molecule has 1 aliphatic heterocycles. The van der Waals surface area contributed by atoms with Gasteiger partial charge in [0.1, 0.15) is 0 Å². The van der Waals surface area contributed by atoms with Crippen molar-refractivity contribution < 1.29 is 0 Å². The summed E-state index contributed by atoms with van der Waals surface area (Å²) in [7, 11) is 0. The van der Waals surface area contributed by atoms with Crippen LogP contribution in [0.25, 0.3) is 0 Å². The largest absolute Gasteiger partial charge is 0.314 e. The number of piperidine rings is 1. The standard InChI is InChI=1S/C13H26N2/c1-4-14-12-5-8-15(11(2)9-12)10-13(3)6-7-13/h11-12,14H,4-10H2,1-3H3. The topological polar surface area (TPSA) is 15.3 Å². The van der Waals surface area contributed by atoms with Gasteiger partial charge in [-0.15, -0.1) is 0 Å². The lowest BCUT2D eigenvalue weighted by molar-refractivity contribution is 0.114. The Morgan fingerprint density at radius 1 is 1.40 bits per heavy atom. The third-order valence-electron chi connectivity index (χ3n) is 4.19. The predicted molar refractivity (Wildman–Crippen MR) is 65.1 cm³/mol. The summed E-state index contributed by atoms with van der Waals surface area (Å²) in [6, 6.07) is 1.55. The number of rotatable bonds is 4. The molecule has 0 aromatic carbocycles. The van der Waals surface area contributed by atoms with Crippen LogP contribution >= 0.6 is 0 Å². The average Bonchev–Trinajstić information content (AvgIpc) is 2.90. The zero-order valence-corrected chi connectivity index (χ0v) is 10.6. The van der Waals surface area contributed by atoms with Gasteiger partial charge in [-0.3, -0.25) is 0 Å². The van der Waals surface area contributed by atoms with Gasteiger partial charge in [-0.1, -0.05) is 13.8 Å². The fraction of sp³-hybridized carbons (Fsp3) is 1.00. The molecule has 0 amide bonds. The van der Waals surface area contributed by atoms with Gasteiger partial charge >= 0.3 is 0 Å². The molecule has 2 heteroatoms. The molecule has 2 atom stereocenters. The van der Waals surface area contributed by atoms with E-state index in [-0.39, 0.29) is 0 Å². The number of nitrogens with one attached hydrogen (secondary N) is 1. The Bertz CT molecular complexity index is 211. The van der Waals surface area contributed by atoms with Crippen LogP contribution in [0, 0.1) is 5.41 Å². The Morgan fingerprint density at radius 2 is 2.13 bits per heavy atom. The first kappa shape index (κ1) is 11.4. The van der Waals surface area contributed by atoms with Gasteiger partial charge in [0.2, 0.25) is 0 Å². The lowest BCUT2D eigenvalue weighted by Gasteiger charge is -2.39. The van der Waals surface area contributed by atoms with Crippen molar-refractivity contribution in [1.82, 2.24) is 10.2 Å². The molecule has 1 saturated heterocycles. The first-order valence-corrected chi connectivity index (χ1v) is 6.60. The molecule has 1 N–H and O–H groups in total. The zero-order chi connectivity index (χ0) is 10.9. The van der Waals surface area contributed by atoms with E-state index >= 15 is 0 Å². The van der Waals surface area contributed by atoms with Crippen LogP contribution in [0.2, 0.25) is 0 Å². The molecule has 2 nitrogen and oxygen atoms in total. The summed E-state index contributed by atoms with van der Waals surface area (Å²) < 4.78 is 0. The van der Waals surface area contributed by atoms with Crippen LogP contribution in [0.1, 0.15) is 46.5 Å². The van der Waals surface area contributed by atoms with Gasteiger partial charge in [-0.2, -0.15) is 0 Å².